The van der Waals surface area contributed by atoms with Crippen LogP contribution in [0.3, 0.4) is 0 Å². The minimum absolute atomic E-state index is 0.0698. The van der Waals surface area contributed by atoms with Crippen molar-refractivity contribution >= 4 is 44.8 Å². The second kappa shape index (κ2) is 12.8. The van der Waals surface area contributed by atoms with Gasteiger partial charge in [0.2, 0.25) is 11.8 Å². The van der Waals surface area contributed by atoms with Crippen molar-refractivity contribution in [2.75, 3.05) is 25.0 Å². The fourth-order valence-corrected chi connectivity index (χ4v) is 5.58. The van der Waals surface area contributed by atoms with Gasteiger partial charge >= 0.3 is 0 Å². The third-order valence-electron chi connectivity index (χ3n) is 6.32. The van der Waals surface area contributed by atoms with Crippen LogP contribution in [0.5, 0.6) is 5.75 Å². The number of hydrogen-bond donors (Lipinski definition) is 1. The molecule has 40 heavy (non-hydrogen) atoms. The molecular weight excluding hydrogens is 560 g/mol. The molecule has 0 aromatic heterocycles. The molecule has 3 aromatic carbocycles. The summed E-state index contributed by atoms with van der Waals surface area (Å²) in [4.78, 5) is 38.1. The fourth-order valence-electron chi connectivity index (χ4n) is 3.95. The van der Waals surface area contributed by atoms with E-state index in [-0.39, 0.29) is 28.4 Å². The SMILES string of the molecule is CNC(=O)C(C)N(Cc1ccccc1Cl)C(=O)CN(c1ccc(OC)cc1)S(=O)(=O)c1ccc(C)c([N+](=O)[O-])c1. The van der Waals surface area contributed by atoms with E-state index in [2.05, 4.69) is 5.32 Å². The number of methoxy groups -OCH3 is 1. The lowest BCUT2D eigenvalue weighted by Crippen LogP contribution is -2.50. The van der Waals surface area contributed by atoms with E-state index < -0.39 is 39.3 Å². The predicted molar refractivity (Wildman–Crippen MR) is 151 cm³/mol. The number of rotatable bonds is 11. The molecule has 2 amide bonds. The molecule has 1 unspecified atom stereocenters. The van der Waals surface area contributed by atoms with E-state index in [0.29, 0.717) is 16.3 Å². The summed E-state index contributed by atoms with van der Waals surface area (Å²) in [6, 6.07) is 15.3. The van der Waals surface area contributed by atoms with Gasteiger partial charge in [-0.1, -0.05) is 35.9 Å². The molecule has 0 aliphatic rings. The molecule has 0 fully saturated rings. The third-order valence-corrected chi connectivity index (χ3v) is 8.46. The first-order chi connectivity index (χ1) is 18.9. The number of halogens is 1. The van der Waals surface area contributed by atoms with Crippen LogP contribution in [0.15, 0.2) is 71.6 Å². The number of nitro groups is 1. The van der Waals surface area contributed by atoms with Crippen LogP contribution in [0.1, 0.15) is 18.1 Å². The predicted octanol–water partition coefficient (Wildman–Crippen LogP) is 3.92. The molecule has 13 heteroatoms. The average molecular weight is 589 g/mol. The van der Waals surface area contributed by atoms with E-state index in [1.165, 1.54) is 69.3 Å². The molecule has 0 bridgehead atoms. The van der Waals surface area contributed by atoms with Crippen molar-refractivity contribution in [2.45, 2.75) is 31.3 Å². The summed E-state index contributed by atoms with van der Waals surface area (Å²) in [6.45, 7) is 2.23. The molecule has 11 nitrogen and oxygen atoms in total. The van der Waals surface area contributed by atoms with E-state index in [0.717, 1.165) is 10.4 Å². The second-order valence-corrected chi connectivity index (χ2v) is 11.1. The maximum atomic E-state index is 13.9. The van der Waals surface area contributed by atoms with Gasteiger partial charge in [0.1, 0.15) is 18.3 Å². The van der Waals surface area contributed by atoms with Crippen LogP contribution in [0, 0.1) is 17.0 Å². The summed E-state index contributed by atoms with van der Waals surface area (Å²) in [5.74, 6) is -0.711. The zero-order chi connectivity index (χ0) is 29.6. The van der Waals surface area contributed by atoms with Crippen LogP contribution in [-0.4, -0.2) is 56.8 Å². The molecule has 0 saturated heterocycles. The summed E-state index contributed by atoms with van der Waals surface area (Å²) >= 11 is 6.32. The van der Waals surface area contributed by atoms with Crippen molar-refractivity contribution in [3.63, 3.8) is 0 Å². The van der Waals surface area contributed by atoms with Crippen molar-refractivity contribution < 1.29 is 27.7 Å². The van der Waals surface area contributed by atoms with Gasteiger partial charge in [-0.15, -0.1) is 0 Å². The number of anilines is 1. The summed E-state index contributed by atoms with van der Waals surface area (Å²) < 4.78 is 33.8. The normalized spacial score (nSPS) is 11.8. The fraction of sp³-hybridized carbons (Fsp3) is 0.259. The lowest BCUT2D eigenvalue weighted by Gasteiger charge is -2.32. The largest absolute Gasteiger partial charge is 0.497 e. The van der Waals surface area contributed by atoms with E-state index in [9.17, 15) is 28.1 Å². The molecular formula is C27H29ClN4O7S. The minimum atomic E-state index is -4.49. The molecule has 0 aliphatic carbocycles. The van der Waals surface area contributed by atoms with E-state index in [1.54, 1.807) is 24.3 Å². The number of benzene rings is 3. The standard InChI is InChI=1S/C27H29ClN4O7S/c1-18-9-14-23(15-25(18)32(35)36)40(37,38)31(21-10-12-22(39-4)13-11-21)17-26(33)30(19(2)27(34)29-3)16-20-7-5-6-8-24(20)28/h5-15,19H,16-17H2,1-4H3,(H,29,34). The van der Waals surface area contributed by atoms with Crippen LogP contribution in [0.4, 0.5) is 11.4 Å². The number of nitro benzene ring substituents is 1. The Hall–Kier alpha value is -4.16. The number of carbonyl (C=O) groups is 2. The molecule has 0 saturated carbocycles. The van der Waals surface area contributed by atoms with Crippen LogP contribution in [0.25, 0.3) is 0 Å². The average Bonchev–Trinajstić information content (AvgIpc) is 2.94. The summed E-state index contributed by atoms with van der Waals surface area (Å²) in [6.07, 6.45) is 0. The molecule has 3 aromatic rings. The number of sulfonamides is 1. The molecule has 3 rings (SSSR count). The van der Waals surface area contributed by atoms with Gasteiger partial charge in [-0.05, 0) is 55.8 Å². The Labute approximate surface area is 237 Å². The maximum absolute atomic E-state index is 13.9. The molecule has 1 atom stereocenters. The summed E-state index contributed by atoms with van der Waals surface area (Å²) in [5, 5.41) is 14.4. The van der Waals surface area contributed by atoms with Gasteiger partial charge < -0.3 is 15.0 Å². The first-order valence-electron chi connectivity index (χ1n) is 12.1. The van der Waals surface area contributed by atoms with Crippen molar-refractivity contribution in [3.05, 3.63) is 93.0 Å². The number of carbonyl (C=O) groups excluding carboxylic acids is 2. The van der Waals surface area contributed by atoms with Crippen molar-refractivity contribution in [1.29, 1.82) is 0 Å². The zero-order valence-electron chi connectivity index (χ0n) is 22.3. The zero-order valence-corrected chi connectivity index (χ0v) is 23.9. The van der Waals surface area contributed by atoms with Gasteiger partial charge in [0, 0.05) is 30.2 Å². The van der Waals surface area contributed by atoms with E-state index >= 15 is 0 Å². The second-order valence-electron chi connectivity index (χ2n) is 8.82. The summed E-state index contributed by atoms with van der Waals surface area (Å²) in [7, 11) is -1.62. The van der Waals surface area contributed by atoms with Crippen LogP contribution < -0.4 is 14.4 Å². The van der Waals surface area contributed by atoms with Gasteiger partial charge in [0.05, 0.1) is 22.6 Å². The first-order valence-corrected chi connectivity index (χ1v) is 13.9. The Morgan fingerprint density at radius 3 is 2.33 bits per heavy atom. The number of aryl methyl sites for hydroxylation is 1. The maximum Gasteiger partial charge on any atom is 0.273 e. The first kappa shape index (κ1) is 30.4. The van der Waals surface area contributed by atoms with Gasteiger partial charge in [-0.2, -0.15) is 0 Å². The van der Waals surface area contributed by atoms with E-state index in [1.807, 2.05) is 0 Å². The molecule has 0 aliphatic heterocycles. The lowest BCUT2D eigenvalue weighted by atomic mass is 10.1. The molecule has 0 radical (unpaired) electrons. The Balaban J connectivity index is 2.10. The quantitative estimate of drug-likeness (QED) is 0.264. The topological polar surface area (TPSA) is 139 Å². The highest BCUT2D eigenvalue weighted by molar-refractivity contribution is 7.92. The van der Waals surface area contributed by atoms with Gasteiger partial charge in [0.25, 0.3) is 15.7 Å². The Bertz CT molecular complexity index is 1510. The van der Waals surface area contributed by atoms with Crippen molar-refractivity contribution in [1.82, 2.24) is 10.2 Å². The molecule has 0 spiro atoms. The highest BCUT2D eigenvalue weighted by atomic mass is 35.5. The Morgan fingerprint density at radius 1 is 1.10 bits per heavy atom. The molecule has 1 N–H and O–H groups in total. The number of hydrogen-bond acceptors (Lipinski definition) is 7. The molecule has 212 valence electrons. The lowest BCUT2D eigenvalue weighted by molar-refractivity contribution is -0.385. The number of likely N-dealkylation sites (N-methyl/N-ethyl adjacent to an activating group) is 1. The Morgan fingerprint density at radius 2 is 1.75 bits per heavy atom. The van der Waals surface area contributed by atoms with Gasteiger partial charge in [-0.3, -0.25) is 24.0 Å². The highest BCUT2D eigenvalue weighted by Crippen LogP contribution is 2.29. The van der Waals surface area contributed by atoms with Gasteiger partial charge in [-0.25, -0.2) is 8.42 Å². The number of amides is 2. The number of ether oxygens (including phenoxy) is 1. The smallest absolute Gasteiger partial charge is 0.273 e. The highest BCUT2D eigenvalue weighted by Gasteiger charge is 2.33. The van der Waals surface area contributed by atoms with Gasteiger partial charge in [0.15, 0.2) is 0 Å². The number of nitrogens with zero attached hydrogens (tertiary/aromatic N) is 3. The monoisotopic (exact) mass is 588 g/mol. The van der Waals surface area contributed by atoms with Crippen LogP contribution in [-0.2, 0) is 26.2 Å². The van der Waals surface area contributed by atoms with Crippen molar-refractivity contribution in [2.24, 2.45) is 0 Å². The van der Waals surface area contributed by atoms with E-state index in [4.69, 9.17) is 16.3 Å². The Kier molecular flexibility index (Phi) is 9.72. The number of nitrogens with one attached hydrogen (secondary N) is 1. The van der Waals surface area contributed by atoms with Crippen LogP contribution >= 0.6 is 11.6 Å². The third kappa shape index (κ3) is 6.69. The summed E-state index contributed by atoms with van der Waals surface area (Å²) in [5.41, 5.74) is 0.570. The minimum Gasteiger partial charge on any atom is -0.497 e. The molecule has 0 heterocycles. The van der Waals surface area contributed by atoms with Crippen LogP contribution in [0.2, 0.25) is 5.02 Å². The van der Waals surface area contributed by atoms with Crippen molar-refractivity contribution in [3.8, 4) is 5.75 Å².